The van der Waals surface area contributed by atoms with Crippen LogP contribution in [-0.4, -0.2) is 48.9 Å². The zero-order chi connectivity index (χ0) is 21.8. The summed E-state index contributed by atoms with van der Waals surface area (Å²) < 4.78 is 36.7. The molecule has 1 aliphatic rings. The molecule has 2 heterocycles. The Labute approximate surface area is 180 Å². The molecular formula is C19H31BrNO7P. The Morgan fingerprint density at radius 2 is 1.93 bits per heavy atom. The molecule has 1 N–H and O–H groups in total. The summed E-state index contributed by atoms with van der Waals surface area (Å²) in [6, 6.07) is 0. The molecule has 0 saturated carbocycles. The maximum Gasteiger partial charge on any atom is 0.330 e. The number of aromatic nitrogens is 1. The maximum atomic E-state index is 12.6. The number of ether oxygens (including phenoxy) is 2. The smallest absolute Gasteiger partial charge is 0.330 e. The number of hydrogen-bond acceptors (Lipinski definition) is 7. The molecule has 2 rings (SSSR count). The largest absolute Gasteiger partial charge is 0.491 e. The topological polar surface area (TPSA) is 96.2 Å². The summed E-state index contributed by atoms with van der Waals surface area (Å²) in [5.74, 6) is 0.132. The molecule has 0 bridgehead atoms. The minimum absolute atomic E-state index is 0.132. The lowest BCUT2D eigenvalue weighted by Gasteiger charge is -2.44. The number of pyridine rings is 1. The van der Waals surface area contributed by atoms with E-state index in [1.165, 1.54) is 7.11 Å². The Morgan fingerprint density at radius 1 is 1.31 bits per heavy atom. The van der Waals surface area contributed by atoms with E-state index in [2.05, 4.69) is 15.9 Å². The molecule has 0 aromatic carbocycles. The van der Waals surface area contributed by atoms with Crippen LogP contribution in [0.15, 0.2) is 15.5 Å². The van der Waals surface area contributed by atoms with Crippen LogP contribution in [0.1, 0.15) is 45.9 Å². The van der Waals surface area contributed by atoms with Crippen molar-refractivity contribution in [2.24, 2.45) is 5.41 Å². The minimum atomic E-state index is -3.10. The van der Waals surface area contributed by atoms with Gasteiger partial charge in [-0.3, -0.25) is 9.36 Å². The van der Waals surface area contributed by atoms with Gasteiger partial charge in [-0.25, -0.2) is 0 Å². The Morgan fingerprint density at radius 3 is 2.48 bits per heavy atom. The molecule has 0 radical (unpaired) electrons. The summed E-state index contributed by atoms with van der Waals surface area (Å²) >= 11 is 3.25. The van der Waals surface area contributed by atoms with Crippen LogP contribution in [0.2, 0.25) is 0 Å². The third-order valence-corrected chi connectivity index (χ3v) is 7.87. The van der Waals surface area contributed by atoms with E-state index in [0.29, 0.717) is 43.0 Å². The average molecular weight is 496 g/mol. The van der Waals surface area contributed by atoms with Gasteiger partial charge in [0.15, 0.2) is 5.75 Å². The van der Waals surface area contributed by atoms with E-state index < -0.39 is 19.1 Å². The summed E-state index contributed by atoms with van der Waals surface area (Å²) in [5.41, 5.74) is -0.504. The summed E-state index contributed by atoms with van der Waals surface area (Å²) in [6.45, 7) is 8.79. The molecule has 8 nitrogen and oxygen atoms in total. The van der Waals surface area contributed by atoms with Crippen molar-refractivity contribution in [3.05, 3.63) is 26.6 Å². The van der Waals surface area contributed by atoms with E-state index in [0.717, 1.165) is 0 Å². The molecule has 10 heteroatoms. The van der Waals surface area contributed by atoms with Crippen molar-refractivity contribution in [2.75, 3.05) is 33.1 Å². The molecule has 2 unspecified atom stereocenters. The maximum absolute atomic E-state index is 12.6. The number of aliphatic hydroxyl groups excluding tert-OH is 1. The van der Waals surface area contributed by atoms with Gasteiger partial charge >= 0.3 is 7.60 Å². The second-order valence-corrected chi connectivity index (χ2v) is 10.5. The Balaban J connectivity index is 2.13. The molecule has 1 aliphatic heterocycles. The molecule has 166 valence electrons. The van der Waals surface area contributed by atoms with Gasteiger partial charge in [0, 0.05) is 24.8 Å². The molecule has 2 atom stereocenters. The predicted molar refractivity (Wildman–Crippen MR) is 114 cm³/mol. The highest BCUT2D eigenvalue weighted by Crippen LogP contribution is 2.49. The van der Waals surface area contributed by atoms with E-state index >= 15 is 0 Å². The lowest BCUT2D eigenvalue weighted by atomic mass is 9.76. The molecule has 0 spiro atoms. The van der Waals surface area contributed by atoms with Crippen molar-refractivity contribution >= 4 is 23.5 Å². The third kappa shape index (κ3) is 5.32. The molecule has 1 aromatic rings. The van der Waals surface area contributed by atoms with Crippen LogP contribution in [0.5, 0.6) is 5.75 Å². The molecule has 0 fully saturated rings. The summed E-state index contributed by atoms with van der Waals surface area (Å²) in [5, 5.41) is 11.0. The van der Waals surface area contributed by atoms with E-state index in [9.17, 15) is 14.5 Å². The van der Waals surface area contributed by atoms with Gasteiger partial charge in [-0.15, -0.1) is 0 Å². The van der Waals surface area contributed by atoms with Gasteiger partial charge in [-0.2, -0.15) is 0 Å². The zero-order valence-electron chi connectivity index (χ0n) is 17.6. The first-order valence-corrected chi connectivity index (χ1v) is 12.3. The number of rotatable bonds is 10. The lowest BCUT2D eigenvalue weighted by Crippen LogP contribution is -2.46. The van der Waals surface area contributed by atoms with Crippen molar-refractivity contribution < 1.29 is 28.2 Å². The van der Waals surface area contributed by atoms with Gasteiger partial charge in [0.25, 0.3) is 0 Å². The molecule has 0 aliphatic carbocycles. The van der Waals surface area contributed by atoms with Crippen molar-refractivity contribution in [3.63, 3.8) is 0 Å². The number of hydrogen-bond donors (Lipinski definition) is 1. The third-order valence-electron chi connectivity index (χ3n) is 5.14. The first kappa shape index (κ1) is 24.6. The van der Waals surface area contributed by atoms with Gasteiger partial charge in [0.1, 0.15) is 6.10 Å². The van der Waals surface area contributed by atoms with E-state index in [1.807, 2.05) is 13.8 Å². The molecule has 0 amide bonds. The van der Waals surface area contributed by atoms with Gasteiger partial charge in [-0.1, -0.05) is 13.8 Å². The zero-order valence-corrected chi connectivity index (χ0v) is 20.1. The lowest BCUT2D eigenvalue weighted by molar-refractivity contribution is -0.112. The quantitative estimate of drug-likeness (QED) is 0.390. The Bertz CT molecular complexity index is 800. The highest BCUT2D eigenvalue weighted by atomic mass is 79.9. The van der Waals surface area contributed by atoms with Crippen LogP contribution in [0.25, 0.3) is 0 Å². The number of nitrogens with zero attached hydrogens (tertiary/aromatic N) is 1. The molecule has 1 aromatic heterocycles. The molecular weight excluding hydrogens is 465 g/mol. The standard InChI is InChI=1S/C19H31BrNO7P/c1-6-27-29(24,28-7-2)10-8-9-26-14-12-21-11-13(20)16(22)17(25-5)15(21)18(23)19(14,3)4/h11,14,18,23H,6-10,12H2,1-5H3. The number of halogens is 1. The van der Waals surface area contributed by atoms with E-state index in [1.54, 1.807) is 24.6 Å². The summed E-state index contributed by atoms with van der Waals surface area (Å²) in [6.07, 6.45) is 1.15. The summed E-state index contributed by atoms with van der Waals surface area (Å²) in [7, 11) is -1.68. The highest BCUT2D eigenvalue weighted by Gasteiger charge is 2.45. The Kier molecular flexibility index (Phi) is 8.53. The van der Waals surface area contributed by atoms with Gasteiger partial charge in [0.2, 0.25) is 5.43 Å². The van der Waals surface area contributed by atoms with Crippen molar-refractivity contribution in [1.29, 1.82) is 0 Å². The fourth-order valence-corrected chi connectivity index (χ4v) is 5.57. The second-order valence-electron chi connectivity index (χ2n) is 7.48. The number of methoxy groups -OCH3 is 1. The van der Waals surface area contributed by atoms with Crippen LogP contribution >= 0.6 is 23.5 Å². The first-order chi connectivity index (χ1) is 13.6. The van der Waals surface area contributed by atoms with Crippen molar-refractivity contribution in [2.45, 2.75) is 52.9 Å². The van der Waals surface area contributed by atoms with Crippen molar-refractivity contribution in [3.8, 4) is 5.75 Å². The van der Waals surface area contributed by atoms with Crippen LogP contribution < -0.4 is 10.2 Å². The number of fused-ring (bicyclic) bond motifs is 1. The highest BCUT2D eigenvalue weighted by molar-refractivity contribution is 9.10. The fraction of sp³-hybridized carbons (Fsp3) is 0.737. The van der Waals surface area contributed by atoms with Gasteiger partial charge in [-0.05, 0) is 36.2 Å². The molecule has 0 saturated heterocycles. The predicted octanol–water partition coefficient (Wildman–Crippen LogP) is 3.73. The minimum Gasteiger partial charge on any atom is -0.491 e. The van der Waals surface area contributed by atoms with E-state index in [4.69, 9.17) is 18.5 Å². The van der Waals surface area contributed by atoms with Gasteiger partial charge < -0.3 is 28.2 Å². The monoisotopic (exact) mass is 495 g/mol. The second kappa shape index (κ2) is 10.1. The molecule has 29 heavy (non-hydrogen) atoms. The SMILES string of the molecule is CCOP(=O)(CCCOC1Cn2cc(Br)c(=O)c(OC)c2C(O)C1(C)C)OCC. The van der Waals surface area contributed by atoms with E-state index in [-0.39, 0.29) is 23.4 Å². The van der Waals surface area contributed by atoms with Crippen molar-refractivity contribution in [1.82, 2.24) is 4.57 Å². The fourth-order valence-electron chi connectivity index (χ4n) is 3.50. The average Bonchev–Trinajstić information content (AvgIpc) is 2.65. The normalized spacial score (nSPS) is 21.1. The van der Waals surface area contributed by atoms with Crippen LogP contribution in [0, 0.1) is 5.41 Å². The van der Waals surface area contributed by atoms with Crippen LogP contribution in [0.3, 0.4) is 0 Å². The number of aliphatic hydroxyl groups is 1. The Hall–Kier alpha value is -0.700. The van der Waals surface area contributed by atoms with Gasteiger partial charge in [0.05, 0.1) is 42.8 Å². The van der Waals surface area contributed by atoms with Crippen LogP contribution in [-0.2, 0) is 24.9 Å². The first-order valence-electron chi connectivity index (χ1n) is 9.75. The summed E-state index contributed by atoms with van der Waals surface area (Å²) in [4.78, 5) is 12.3. The van der Waals surface area contributed by atoms with Crippen LogP contribution in [0.4, 0.5) is 0 Å².